The fourth-order valence-electron chi connectivity index (χ4n) is 7.84. The van der Waals surface area contributed by atoms with Crippen LogP contribution in [0, 0.1) is 0 Å². The summed E-state index contributed by atoms with van der Waals surface area (Å²) >= 11 is 0. The molecule has 0 aliphatic rings. The fourth-order valence-corrected chi connectivity index (χ4v) is 7.84. The number of hydrogen-bond donors (Lipinski definition) is 1. The van der Waals surface area contributed by atoms with E-state index < -0.39 is 6.10 Å². The van der Waals surface area contributed by atoms with Crippen LogP contribution in [0.1, 0.15) is 219 Å². The van der Waals surface area contributed by atoms with Crippen molar-refractivity contribution >= 4 is 11.9 Å². The lowest BCUT2D eigenvalue weighted by Gasteiger charge is -2.15. The van der Waals surface area contributed by atoms with E-state index in [4.69, 9.17) is 9.47 Å². The Balaban J connectivity index is 3.73. The van der Waals surface area contributed by atoms with E-state index in [0.29, 0.717) is 12.8 Å². The van der Waals surface area contributed by atoms with Gasteiger partial charge >= 0.3 is 11.9 Å². The van der Waals surface area contributed by atoms with Gasteiger partial charge in [0.05, 0.1) is 6.61 Å². The molecule has 0 amide bonds. The van der Waals surface area contributed by atoms with Crippen molar-refractivity contribution in [2.24, 2.45) is 0 Å². The molecule has 5 heteroatoms. The van der Waals surface area contributed by atoms with E-state index >= 15 is 0 Å². The molecular formula is C79H116O5. The van der Waals surface area contributed by atoms with E-state index in [9.17, 15) is 14.7 Å². The number of ether oxygens (including phenoxy) is 2. The van der Waals surface area contributed by atoms with Crippen molar-refractivity contribution in [2.75, 3.05) is 13.2 Å². The minimum atomic E-state index is -0.821. The topological polar surface area (TPSA) is 72.8 Å². The van der Waals surface area contributed by atoms with Crippen molar-refractivity contribution in [3.05, 3.63) is 243 Å². The molecule has 0 aliphatic heterocycles. The molecule has 0 radical (unpaired) electrons. The Morgan fingerprint density at radius 1 is 0.274 bits per heavy atom. The molecule has 0 saturated carbocycles. The van der Waals surface area contributed by atoms with Gasteiger partial charge in [-0.2, -0.15) is 0 Å². The van der Waals surface area contributed by atoms with Crippen LogP contribution in [0.2, 0.25) is 0 Å². The smallest absolute Gasteiger partial charge is 0.306 e. The lowest BCUT2D eigenvalue weighted by molar-refractivity contribution is -0.161. The maximum atomic E-state index is 12.3. The summed E-state index contributed by atoms with van der Waals surface area (Å²) in [6, 6.07) is 0. The first-order chi connectivity index (χ1) is 41.6. The normalized spacial score (nSPS) is 13.9. The third-order valence-electron chi connectivity index (χ3n) is 12.6. The third-order valence-corrected chi connectivity index (χ3v) is 12.6. The van der Waals surface area contributed by atoms with Crippen molar-refractivity contribution in [3.8, 4) is 0 Å². The molecule has 1 atom stereocenters. The lowest BCUT2D eigenvalue weighted by Crippen LogP contribution is -2.28. The van der Waals surface area contributed by atoms with E-state index in [1.807, 2.05) is 0 Å². The van der Waals surface area contributed by atoms with Gasteiger partial charge in [0.2, 0.25) is 0 Å². The summed E-state index contributed by atoms with van der Waals surface area (Å²) in [6.45, 7) is 3.85. The van der Waals surface area contributed by atoms with Crippen LogP contribution in [0.25, 0.3) is 0 Å². The summed E-state index contributed by atoms with van der Waals surface area (Å²) in [4.78, 5) is 24.6. The zero-order chi connectivity index (χ0) is 60.5. The van der Waals surface area contributed by atoms with E-state index in [2.05, 4.69) is 257 Å². The van der Waals surface area contributed by atoms with Gasteiger partial charge in [0.1, 0.15) is 6.61 Å². The molecule has 0 saturated heterocycles. The van der Waals surface area contributed by atoms with Crippen molar-refractivity contribution < 1.29 is 24.2 Å². The standard InChI is InChI=1S/C79H116O5/c1-3-5-7-9-11-13-15-17-19-21-23-25-27-29-31-33-35-37-38-39-40-42-44-46-48-50-52-54-56-58-60-62-64-66-68-70-72-74-79(82)84-77(75-80)76-83-78(81)73-71-69-67-65-63-61-59-57-55-53-51-49-47-45-43-41-36-34-32-30-28-26-24-22-20-18-16-14-12-10-8-6-4-2/h5-8,11-14,17-20,23-26,29-32,35-37,39-41,44-47,50-53,56-59,62,64,77,80H,3-4,9-10,15-16,21-22,27-28,33-34,38,42-43,48-49,54-55,60-61,63,65-76H2,1-2H3/b7-5-,8-6-,13-11-,14-12-,19-17-,20-18-,25-23-,26-24-,31-29-,32-30-,37-35-,40-39-,41-36-,46-44-,47-45-,52-50-,53-51-,58-56-,59-57-,64-62-. The number of carbonyl (C=O) groups is 2. The summed E-state index contributed by atoms with van der Waals surface area (Å²) in [7, 11) is 0. The van der Waals surface area contributed by atoms with E-state index in [1.54, 1.807) is 0 Å². The highest BCUT2D eigenvalue weighted by Crippen LogP contribution is 2.11. The number of rotatable bonds is 56. The molecule has 0 aromatic carbocycles. The van der Waals surface area contributed by atoms with Gasteiger partial charge in [-0.25, -0.2) is 0 Å². The monoisotopic (exact) mass is 1140 g/mol. The minimum absolute atomic E-state index is 0.108. The average molecular weight is 1150 g/mol. The van der Waals surface area contributed by atoms with Crippen molar-refractivity contribution in [1.29, 1.82) is 0 Å². The number of carbonyl (C=O) groups excluding carboxylic acids is 2. The third kappa shape index (κ3) is 68.2. The van der Waals surface area contributed by atoms with Crippen LogP contribution in [0.3, 0.4) is 0 Å². The maximum Gasteiger partial charge on any atom is 0.306 e. The second kappa shape index (κ2) is 71.0. The molecule has 0 spiro atoms. The van der Waals surface area contributed by atoms with Crippen LogP contribution in [0.5, 0.6) is 0 Å². The number of unbranched alkanes of at least 4 members (excludes halogenated alkanes) is 8. The van der Waals surface area contributed by atoms with Crippen LogP contribution >= 0.6 is 0 Å². The van der Waals surface area contributed by atoms with E-state index in [0.717, 1.165) is 193 Å². The summed E-state index contributed by atoms with van der Waals surface area (Å²) in [5.74, 6) is -0.674. The first kappa shape index (κ1) is 77.7. The van der Waals surface area contributed by atoms with Gasteiger partial charge in [0, 0.05) is 12.8 Å². The molecule has 0 bridgehead atoms. The predicted molar refractivity (Wildman–Crippen MR) is 370 cm³/mol. The molecule has 1 unspecified atom stereocenters. The lowest BCUT2D eigenvalue weighted by atomic mass is 10.1. The Morgan fingerprint density at radius 3 is 0.726 bits per heavy atom. The molecule has 0 aliphatic carbocycles. The molecule has 0 rings (SSSR count). The highest BCUT2D eigenvalue weighted by Gasteiger charge is 2.16. The second-order valence-corrected chi connectivity index (χ2v) is 20.4. The van der Waals surface area contributed by atoms with Gasteiger partial charge in [-0.1, -0.05) is 283 Å². The maximum absolute atomic E-state index is 12.3. The number of esters is 2. The first-order valence-corrected chi connectivity index (χ1v) is 32.6. The summed E-state index contributed by atoms with van der Waals surface area (Å²) in [6.07, 6.45) is 119. The Labute approximate surface area is 515 Å². The zero-order valence-corrected chi connectivity index (χ0v) is 52.8. The van der Waals surface area contributed by atoms with Gasteiger partial charge in [0.25, 0.3) is 0 Å². The van der Waals surface area contributed by atoms with Gasteiger partial charge in [-0.05, 0) is 167 Å². The molecule has 84 heavy (non-hydrogen) atoms. The van der Waals surface area contributed by atoms with Gasteiger partial charge in [-0.15, -0.1) is 0 Å². The average Bonchev–Trinajstić information content (AvgIpc) is 3.51. The SMILES string of the molecule is CC/C=C\C/C=C\C/C=C\C/C=C\C/C=C\C/C=C\C/C=C\C/C=C\C/C=C\C/C=C\C/C=C\CCCCCC(=O)OC(CO)COC(=O)CCCCCCC/C=C\C/C=C\C/C=C\C/C=C\C/C=C\C/C=C\C/C=C\C/C=C\C/C=C\CC. The minimum Gasteiger partial charge on any atom is -0.462 e. The molecule has 1 N–H and O–H groups in total. The molecule has 5 nitrogen and oxygen atoms in total. The Kier molecular flexibility index (Phi) is 65.6. The first-order valence-electron chi connectivity index (χ1n) is 32.6. The molecule has 0 aromatic rings. The second-order valence-electron chi connectivity index (χ2n) is 20.4. The number of allylic oxidation sites excluding steroid dienone is 40. The van der Waals surface area contributed by atoms with Crippen LogP contribution in [-0.4, -0.2) is 36.4 Å². The largest absolute Gasteiger partial charge is 0.462 e. The Morgan fingerprint density at radius 2 is 0.476 bits per heavy atom. The van der Waals surface area contributed by atoms with E-state index in [1.165, 1.54) is 0 Å². The zero-order valence-electron chi connectivity index (χ0n) is 52.8. The Bertz CT molecular complexity index is 2130. The summed E-state index contributed by atoms with van der Waals surface area (Å²) in [5, 5.41) is 9.68. The van der Waals surface area contributed by atoms with Crippen LogP contribution in [-0.2, 0) is 19.1 Å². The van der Waals surface area contributed by atoms with Gasteiger partial charge < -0.3 is 14.6 Å². The van der Waals surface area contributed by atoms with Crippen molar-refractivity contribution in [3.63, 3.8) is 0 Å². The highest BCUT2D eigenvalue weighted by molar-refractivity contribution is 5.70. The van der Waals surface area contributed by atoms with E-state index in [-0.39, 0.29) is 25.2 Å². The van der Waals surface area contributed by atoms with Crippen LogP contribution in [0.4, 0.5) is 0 Å². The van der Waals surface area contributed by atoms with Crippen molar-refractivity contribution in [1.82, 2.24) is 0 Å². The van der Waals surface area contributed by atoms with Gasteiger partial charge in [-0.3, -0.25) is 9.59 Å². The highest BCUT2D eigenvalue weighted by atomic mass is 16.6. The fraction of sp³-hybridized carbons (Fsp3) is 0.468. The summed E-state index contributed by atoms with van der Waals surface area (Å²) < 4.78 is 10.7. The van der Waals surface area contributed by atoms with Crippen LogP contribution < -0.4 is 0 Å². The summed E-state index contributed by atoms with van der Waals surface area (Å²) in [5.41, 5.74) is 0. The number of aliphatic hydroxyl groups excluding tert-OH is 1. The van der Waals surface area contributed by atoms with Crippen LogP contribution in [0.15, 0.2) is 243 Å². The quantitative estimate of drug-likeness (QED) is 0.0373. The molecule has 0 aromatic heterocycles. The van der Waals surface area contributed by atoms with Crippen molar-refractivity contribution in [2.45, 2.75) is 225 Å². The number of hydrogen-bond acceptors (Lipinski definition) is 5. The molecule has 462 valence electrons. The Hall–Kier alpha value is -6.30. The predicted octanol–water partition coefficient (Wildman–Crippen LogP) is 23.1. The molecular weight excluding hydrogens is 1030 g/mol. The molecule has 0 fully saturated rings. The molecule has 0 heterocycles. The van der Waals surface area contributed by atoms with Gasteiger partial charge in [0.15, 0.2) is 6.10 Å². The number of aliphatic hydroxyl groups is 1.